The average Bonchev–Trinajstić information content (AvgIpc) is 3.17. The first-order chi connectivity index (χ1) is 15.1. The number of pyridine rings is 1. The second-order valence-corrected chi connectivity index (χ2v) is 8.81. The summed E-state index contributed by atoms with van der Waals surface area (Å²) in [5, 5.41) is 26.0. The van der Waals surface area contributed by atoms with Gasteiger partial charge < -0.3 is 20.7 Å². The third kappa shape index (κ3) is 3.14. The standard InChI is InChI=1S/C22H23FN6O3/c1-21(2,30)16-5-4-12(10-25-16)22(31)8-11(9-22)18-27-19-14-6-13(23)7-15(32-3)17(14)26-20(24)29(19)28-18/h4-7,10-11,30-31H,8-9H2,1-3H3,(H2,24,26)/t11-,22+. The number of methoxy groups -OCH3 is 1. The van der Waals surface area contributed by atoms with E-state index in [0.717, 1.165) is 0 Å². The third-order valence-electron chi connectivity index (χ3n) is 6.03. The number of halogens is 1. The van der Waals surface area contributed by atoms with E-state index in [2.05, 4.69) is 20.1 Å². The fourth-order valence-corrected chi connectivity index (χ4v) is 4.22. The van der Waals surface area contributed by atoms with Crippen molar-refractivity contribution in [1.82, 2.24) is 24.6 Å². The minimum atomic E-state index is -1.06. The fourth-order valence-electron chi connectivity index (χ4n) is 4.22. The Bertz CT molecular complexity index is 1340. The Morgan fingerprint density at radius 1 is 1.25 bits per heavy atom. The normalized spacial score (nSPS) is 21.1. The topological polar surface area (TPSA) is 132 Å². The molecule has 5 rings (SSSR count). The SMILES string of the molecule is COc1cc(F)cc2c1nc(N)n1nc([C@H]3C[C@](O)(c4ccc(C(C)(C)O)nc4)C3)nc21. The molecule has 3 heterocycles. The molecule has 0 bridgehead atoms. The quantitative estimate of drug-likeness (QED) is 0.443. The maximum atomic E-state index is 14.1. The molecule has 0 spiro atoms. The van der Waals surface area contributed by atoms with E-state index in [9.17, 15) is 14.6 Å². The summed E-state index contributed by atoms with van der Waals surface area (Å²) >= 11 is 0. The van der Waals surface area contributed by atoms with Crippen LogP contribution in [-0.4, -0.2) is 41.9 Å². The molecule has 0 amide bonds. The van der Waals surface area contributed by atoms with Crippen molar-refractivity contribution in [3.05, 3.63) is 53.4 Å². The molecule has 0 atom stereocenters. The van der Waals surface area contributed by atoms with E-state index in [1.54, 1.807) is 32.2 Å². The van der Waals surface area contributed by atoms with Crippen LogP contribution < -0.4 is 10.5 Å². The predicted molar refractivity (Wildman–Crippen MR) is 115 cm³/mol. The van der Waals surface area contributed by atoms with Gasteiger partial charge in [-0.2, -0.15) is 4.52 Å². The van der Waals surface area contributed by atoms with Crippen molar-refractivity contribution in [1.29, 1.82) is 0 Å². The molecule has 0 aliphatic heterocycles. The second kappa shape index (κ2) is 6.81. The molecule has 1 aliphatic rings. The zero-order valence-corrected chi connectivity index (χ0v) is 17.9. The highest BCUT2D eigenvalue weighted by Gasteiger charge is 2.46. The molecule has 3 aromatic heterocycles. The number of fused-ring (bicyclic) bond motifs is 3. The number of benzene rings is 1. The van der Waals surface area contributed by atoms with E-state index in [1.165, 1.54) is 23.8 Å². The number of aliphatic hydroxyl groups is 2. The van der Waals surface area contributed by atoms with Crippen LogP contribution in [0.1, 0.15) is 49.7 Å². The summed E-state index contributed by atoms with van der Waals surface area (Å²) in [6, 6.07) is 6.05. The lowest BCUT2D eigenvalue weighted by Gasteiger charge is -2.42. The van der Waals surface area contributed by atoms with E-state index >= 15 is 0 Å². The van der Waals surface area contributed by atoms with Gasteiger partial charge in [-0.25, -0.2) is 14.4 Å². The number of aromatic nitrogens is 5. The Hall–Kier alpha value is -3.37. The molecule has 1 fully saturated rings. The zero-order valence-electron chi connectivity index (χ0n) is 17.9. The van der Waals surface area contributed by atoms with Crippen molar-refractivity contribution in [2.75, 3.05) is 12.8 Å². The van der Waals surface area contributed by atoms with Crippen LogP contribution in [0.4, 0.5) is 10.3 Å². The minimum absolute atomic E-state index is 0.108. The highest BCUT2D eigenvalue weighted by molar-refractivity contribution is 5.95. The number of nitrogen functional groups attached to an aromatic ring is 1. The molecule has 9 nitrogen and oxygen atoms in total. The van der Waals surface area contributed by atoms with Gasteiger partial charge in [-0.05, 0) is 38.8 Å². The number of nitrogens with zero attached hydrogens (tertiary/aromatic N) is 5. The van der Waals surface area contributed by atoms with Crippen molar-refractivity contribution < 1.29 is 19.3 Å². The summed E-state index contributed by atoms with van der Waals surface area (Å²) in [6.07, 6.45) is 2.39. The van der Waals surface area contributed by atoms with Crippen molar-refractivity contribution >= 4 is 22.5 Å². The van der Waals surface area contributed by atoms with Crippen LogP contribution in [0.2, 0.25) is 0 Å². The van der Waals surface area contributed by atoms with E-state index in [4.69, 9.17) is 10.5 Å². The molecular weight excluding hydrogens is 415 g/mol. The fraction of sp³-hybridized carbons (Fsp3) is 0.364. The van der Waals surface area contributed by atoms with Gasteiger partial charge >= 0.3 is 0 Å². The van der Waals surface area contributed by atoms with E-state index in [-0.39, 0.29) is 17.6 Å². The molecule has 0 saturated heterocycles. The molecule has 4 N–H and O–H groups in total. The monoisotopic (exact) mass is 438 g/mol. The first-order valence-electron chi connectivity index (χ1n) is 10.2. The van der Waals surface area contributed by atoms with Crippen LogP contribution in [-0.2, 0) is 11.2 Å². The summed E-state index contributed by atoms with van der Waals surface area (Å²) in [5.41, 5.74) is 5.94. The van der Waals surface area contributed by atoms with Crippen LogP contribution >= 0.6 is 0 Å². The summed E-state index contributed by atoms with van der Waals surface area (Å²) in [6.45, 7) is 3.31. The van der Waals surface area contributed by atoms with Crippen molar-refractivity contribution in [3.8, 4) is 5.75 Å². The van der Waals surface area contributed by atoms with Crippen LogP contribution in [0.15, 0.2) is 30.5 Å². The van der Waals surface area contributed by atoms with Crippen molar-refractivity contribution in [2.24, 2.45) is 0 Å². The van der Waals surface area contributed by atoms with Crippen LogP contribution in [0.5, 0.6) is 5.75 Å². The Labute approximate surface area is 182 Å². The van der Waals surface area contributed by atoms with Gasteiger partial charge in [-0.15, -0.1) is 5.10 Å². The molecule has 10 heteroatoms. The number of hydrogen-bond acceptors (Lipinski definition) is 8. The molecule has 0 unspecified atom stereocenters. The Morgan fingerprint density at radius 3 is 2.62 bits per heavy atom. The lowest BCUT2D eigenvalue weighted by atomic mass is 9.67. The smallest absolute Gasteiger partial charge is 0.223 e. The van der Waals surface area contributed by atoms with Gasteiger partial charge in [0, 0.05) is 23.7 Å². The Balaban J connectivity index is 1.47. The lowest BCUT2D eigenvalue weighted by molar-refractivity contribution is -0.0573. The highest BCUT2D eigenvalue weighted by Crippen LogP contribution is 2.50. The molecule has 4 aromatic rings. The van der Waals surface area contributed by atoms with Gasteiger partial charge in [0.05, 0.1) is 23.8 Å². The van der Waals surface area contributed by atoms with Crippen molar-refractivity contribution in [2.45, 2.75) is 43.8 Å². The van der Waals surface area contributed by atoms with Crippen LogP contribution in [0.3, 0.4) is 0 Å². The van der Waals surface area contributed by atoms with E-state index in [1.807, 2.05) is 0 Å². The summed E-state index contributed by atoms with van der Waals surface area (Å²) in [4.78, 5) is 13.2. The molecule has 1 aromatic carbocycles. The van der Waals surface area contributed by atoms with E-state index in [0.29, 0.717) is 46.5 Å². The number of nitrogens with two attached hydrogens (primary N) is 1. The predicted octanol–water partition coefficient (Wildman–Crippen LogP) is 2.40. The number of rotatable bonds is 4. The number of hydrogen-bond donors (Lipinski definition) is 3. The summed E-state index contributed by atoms with van der Waals surface area (Å²) in [5.74, 6) is 0.280. The van der Waals surface area contributed by atoms with Crippen LogP contribution in [0.25, 0.3) is 16.6 Å². The Morgan fingerprint density at radius 2 is 2.00 bits per heavy atom. The molecule has 166 valence electrons. The third-order valence-corrected chi connectivity index (χ3v) is 6.03. The first kappa shape index (κ1) is 20.5. The molecule has 1 saturated carbocycles. The van der Waals surface area contributed by atoms with Crippen molar-refractivity contribution in [3.63, 3.8) is 0 Å². The summed E-state index contributed by atoms with van der Waals surface area (Å²) in [7, 11) is 1.43. The first-order valence-corrected chi connectivity index (χ1v) is 10.2. The van der Waals surface area contributed by atoms with Gasteiger partial charge in [0.1, 0.15) is 22.7 Å². The maximum Gasteiger partial charge on any atom is 0.223 e. The van der Waals surface area contributed by atoms with Crippen LogP contribution in [0, 0.1) is 5.82 Å². The summed E-state index contributed by atoms with van der Waals surface area (Å²) < 4.78 is 20.7. The molecule has 0 radical (unpaired) electrons. The molecule has 32 heavy (non-hydrogen) atoms. The van der Waals surface area contributed by atoms with Gasteiger partial charge in [-0.1, -0.05) is 6.07 Å². The zero-order chi connectivity index (χ0) is 22.8. The number of anilines is 1. The largest absolute Gasteiger partial charge is 0.494 e. The number of ether oxygens (including phenoxy) is 1. The van der Waals surface area contributed by atoms with Gasteiger partial charge in [0.15, 0.2) is 11.5 Å². The average molecular weight is 438 g/mol. The van der Waals surface area contributed by atoms with E-state index < -0.39 is 17.0 Å². The highest BCUT2D eigenvalue weighted by atomic mass is 19.1. The minimum Gasteiger partial charge on any atom is -0.494 e. The van der Waals surface area contributed by atoms with Gasteiger partial charge in [0.2, 0.25) is 5.95 Å². The van der Waals surface area contributed by atoms with Gasteiger partial charge in [0.25, 0.3) is 0 Å². The second-order valence-electron chi connectivity index (χ2n) is 8.81. The lowest BCUT2D eigenvalue weighted by Crippen LogP contribution is -2.40. The van der Waals surface area contributed by atoms with Gasteiger partial charge in [-0.3, -0.25) is 4.98 Å². The molecular formula is C22H23FN6O3. The maximum absolute atomic E-state index is 14.1. The Kier molecular flexibility index (Phi) is 4.37. The molecule has 1 aliphatic carbocycles.